The molecule has 3 rings (SSSR count). The first-order valence-corrected chi connectivity index (χ1v) is 7.54. The van der Waals surface area contributed by atoms with Gasteiger partial charge in [-0.05, 0) is 30.0 Å². The van der Waals surface area contributed by atoms with Gasteiger partial charge in [0.05, 0.1) is 6.04 Å². The SMILES string of the molecule is CC(C)CN1CCC(N)C1c1ccc2c(c1)OCCO2. The molecule has 1 saturated heterocycles. The Morgan fingerprint density at radius 3 is 2.75 bits per heavy atom. The summed E-state index contributed by atoms with van der Waals surface area (Å²) < 4.78 is 11.3. The van der Waals surface area contributed by atoms with Crippen molar-refractivity contribution in [3.05, 3.63) is 23.8 Å². The molecule has 2 atom stereocenters. The Morgan fingerprint density at radius 2 is 2.00 bits per heavy atom. The van der Waals surface area contributed by atoms with Gasteiger partial charge in [-0.15, -0.1) is 0 Å². The van der Waals surface area contributed by atoms with Gasteiger partial charge in [0, 0.05) is 19.1 Å². The Bertz CT molecular complexity index is 476. The lowest BCUT2D eigenvalue weighted by atomic mass is 9.99. The van der Waals surface area contributed by atoms with E-state index in [-0.39, 0.29) is 6.04 Å². The lowest BCUT2D eigenvalue weighted by Gasteiger charge is -2.29. The van der Waals surface area contributed by atoms with Crippen LogP contribution in [0, 0.1) is 5.92 Å². The highest BCUT2D eigenvalue weighted by Crippen LogP contribution is 2.37. The molecule has 1 aromatic carbocycles. The van der Waals surface area contributed by atoms with Crippen LogP contribution in [0.2, 0.25) is 0 Å². The zero-order valence-corrected chi connectivity index (χ0v) is 12.3. The van der Waals surface area contributed by atoms with Crippen molar-refractivity contribution in [2.45, 2.75) is 32.4 Å². The first-order chi connectivity index (χ1) is 9.65. The van der Waals surface area contributed by atoms with Gasteiger partial charge in [0.2, 0.25) is 0 Å². The molecule has 0 aromatic heterocycles. The molecule has 20 heavy (non-hydrogen) atoms. The number of nitrogens with two attached hydrogens (primary N) is 1. The first kappa shape index (κ1) is 13.7. The molecule has 0 aliphatic carbocycles. The largest absolute Gasteiger partial charge is 0.486 e. The fraction of sp³-hybridized carbons (Fsp3) is 0.625. The van der Waals surface area contributed by atoms with Crippen LogP contribution >= 0.6 is 0 Å². The number of likely N-dealkylation sites (tertiary alicyclic amines) is 1. The van der Waals surface area contributed by atoms with Gasteiger partial charge in [0.25, 0.3) is 0 Å². The van der Waals surface area contributed by atoms with Gasteiger partial charge in [-0.3, -0.25) is 4.90 Å². The molecule has 2 heterocycles. The van der Waals surface area contributed by atoms with E-state index in [9.17, 15) is 0 Å². The molecule has 0 saturated carbocycles. The number of ether oxygens (including phenoxy) is 2. The van der Waals surface area contributed by atoms with E-state index < -0.39 is 0 Å². The lowest BCUT2D eigenvalue weighted by Crippen LogP contribution is -2.34. The highest BCUT2D eigenvalue weighted by atomic mass is 16.6. The molecular weight excluding hydrogens is 252 g/mol. The van der Waals surface area contributed by atoms with Crippen LogP contribution in [0.25, 0.3) is 0 Å². The molecular formula is C16H24N2O2. The molecule has 0 bridgehead atoms. The molecule has 2 aliphatic heterocycles. The molecule has 1 fully saturated rings. The molecule has 1 aromatic rings. The summed E-state index contributed by atoms with van der Waals surface area (Å²) in [6.07, 6.45) is 1.06. The first-order valence-electron chi connectivity index (χ1n) is 7.54. The zero-order chi connectivity index (χ0) is 14.1. The van der Waals surface area contributed by atoms with Gasteiger partial charge in [-0.25, -0.2) is 0 Å². The fourth-order valence-electron chi connectivity index (χ4n) is 3.26. The van der Waals surface area contributed by atoms with Crippen molar-refractivity contribution in [3.63, 3.8) is 0 Å². The van der Waals surface area contributed by atoms with Gasteiger partial charge < -0.3 is 15.2 Å². The van der Waals surface area contributed by atoms with E-state index in [0.717, 1.165) is 31.0 Å². The van der Waals surface area contributed by atoms with Gasteiger partial charge in [-0.1, -0.05) is 19.9 Å². The highest BCUT2D eigenvalue weighted by molar-refractivity contribution is 5.45. The van der Waals surface area contributed by atoms with Crippen LogP contribution in [-0.4, -0.2) is 37.2 Å². The molecule has 4 heteroatoms. The summed E-state index contributed by atoms with van der Waals surface area (Å²) in [5, 5.41) is 0. The zero-order valence-electron chi connectivity index (χ0n) is 12.3. The number of nitrogens with zero attached hydrogens (tertiary/aromatic N) is 1. The minimum Gasteiger partial charge on any atom is -0.486 e. The molecule has 0 spiro atoms. The number of benzene rings is 1. The maximum absolute atomic E-state index is 6.34. The van der Waals surface area contributed by atoms with Gasteiger partial charge in [0.15, 0.2) is 11.5 Å². The van der Waals surface area contributed by atoms with Crippen molar-refractivity contribution < 1.29 is 9.47 Å². The van der Waals surface area contributed by atoms with Crippen LogP contribution in [0.1, 0.15) is 31.9 Å². The second-order valence-corrected chi connectivity index (χ2v) is 6.19. The van der Waals surface area contributed by atoms with E-state index in [1.807, 2.05) is 6.07 Å². The summed E-state index contributed by atoms with van der Waals surface area (Å²) in [6.45, 7) is 7.94. The Hall–Kier alpha value is -1.26. The predicted molar refractivity (Wildman–Crippen MR) is 79.2 cm³/mol. The van der Waals surface area contributed by atoms with E-state index in [0.29, 0.717) is 25.2 Å². The summed E-state index contributed by atoms with van der Waals surface area (Å²) in [7, 11) is 0. The summed E-state index contributed by atoms with van der Waals surface area (Å²) in [5.74, 6) is 2.36. The molecule has 4 nitrogen and oxygen atoms in total. The van der Waals surface area contributed by atoms with Crippen LogP contribution in [-0.2, 0) is 0 Å². The van der Waals surface area contributed by atoms with E-state index in [1.54, 1.807) is 0 Å². The quantitative estimate of drug-likeness (QED) is 0.919. The van der Waals surface area contributed by atoms with E-state index >= 15 is 0 Å². The highest BCUT2D eigenvalue weighted by Gasteiger charge is 2.33. The van der Waals surface area contributed by atoms with Crippen LogP contribution in [0.15, 0.2) is 18.2 Å². The summed E-state index contributed by atoms with van der Waals surface area (Å²) in [4.78, 5) is 2.50. The van der Waals surface area contributed by atoms with Crippen LogP contribution in [0.3, 0.4) is 0 Å². The third kappa shape index (κ3) is 2.63. The molecule has 2 N–H and O–H groups in total. The van der Waals surface area contributed by atoms with Crippen LogP contribution in [0.4, 0.5) is 0 Å². The van der Waals surface area contributed by atoms with Crippen molar-refractivity contribution >= 4 is 0 Å². The van der Waals surface area contributed by atoms with E-state index in [1.165, 1.54) is 5.56 Å². The summed E-state index contributed by atoms with van der Waals surface area (Å²) in [6, 6.07) is 6.76. The third-order valence-electron chi connectivity index (χ3n) is 4.06. The van der Waals surface area contributed by atoms with Crippen molar-refractivity contribution in [2.24, 2.45) is 11.7 Å². The lowest BCUT2D eigenvalue weighted by molar-refractivity contribution is 0.170. The normalized spacial score (nSPS) is 26.2. The minimum atomic E-state index is 0.205. The van der Waals surface area contributed by atoms with Gasteiger partial charge in [0.1, 0.15) is 13.2 Å². The fourth-order valence-corrected chi connectivity index (χ4v) is 3.26. The number of hydrogen-bond acceptors (Lipinski definition) is 4. The van der Waals surface area contributed by atoms with Crippen molar-refractivity contribution in [1.29, 1.82) is 0 Å². The Kier molecular flexibility index (Phi) is 3.85. The second-order valence-electron chi connectivity index (χ2n) is 6.19. The molecule has 110 valence electrons. The molecule has 0 amide bonds. The number of fused-ring (bicyclic) bond motifs is 1. The van der Waals surface area contributed by atoms with Crippen LogP contribution in [0.5, 0.6) is 11.5 Å². The van der Waals surface area contributed by atoms with E-state index in [4.69, 9.17) is 15.2 Å². The smallest absolute Gasteiger partial charge is 0.161 e. The molecule has 2 aliphatic rings. The average molecular weight is 276 g/mol. The maximum atomic E-state index is 6.34. The van der Waals surface area contributed by atoms with Gasteiger partial charge >= 0.3 is 0 Å². The summed E-state index contributed by atoms with van der Waals surface area (Å²) in [5.41, 5.74) is 7.59. The van der Waals surface area contributed by atoms with Gasteiger partial charge in [-0.2, -0.15) is 0 Å². The molecule has 0 radical (unpaired) electrons. The average Bonchev–Trinajstić information content (AvgIpc) is 2.78. The van der Waals surface area contributed by atoms with Crippen molar-refractivity contribution in [2.75, 3.05) is 26.3 Å². The Labute approximate surface area is 120 Å². The number of rotatable bonds is 3. The Morgan fingerprint density at radius 1 is 1.25 bits per heavy atom. The molecule has 2 unspecified atom stereocenters. The monoisotopic (exact) mass is 276 g/mol. The van der Waals surface area contributed by atoms with Crippen molar-refractivity contribution in [3.8, 4) is 11.5 Å². The maximum Gasteiger partial charge on any atom is 0.161 e. The van der Waals surface area contributed by atoms with Crippen LogP contribution < -0.4 is 15.2 Å². The topological polar surface area (TPSA) is 47.7 Å². The standard InChI is InChI=1S/C16H24N2O2/c1-11(2)10-18-6-5-13(17)16(18)12-3-4-14-15(9-12)20-8-7-19-14/h3-4,9,11,13,16H,5-8,10,17H2,1-2H3. The minimum absolute atomic E-state index is 0.205. The Balaban J connectivity index is 1.86. The second kappa shape index (κ2) is 5.62. The summed E-state index contributed by atoms with van der Waals surface area (Å²) >= 11 is 0. The van der Waals surface area contributed by atoms with E-state index in [2.05, 4.69) is 30.9 Å². The van der Waals surface area contributed by atoms with Crippen molar-refractivity contribution in [1.82, 2.24) is 4.90 Å². The number of hydrogen-bond donors (Lipinski definition) is 1. The third-order valence-corrected chi connectivity index (χ3v) is 4.06. The predicted octanol–water partition coefficient (Wildman–Crippen LogP) is 2.19.